The number of amides is 1. The average Bonchev–Trinajstić information content (AvgIpc) is 2.32. The first-order valence-corrected chi connectivity index (χ1v) is 7.90. The second kappa shape index (κ2) is 12.5. The van der Waals surface area contributed by atoms with Crippen LogP contribution in [-0.2, 0) is 9.53 Å². The minimum Gasteiger partial charge on any atom is -0.379 e. The van der Waals surface area contributed by atoms with Crippen molar-refractivity contribution in [2.24, 2.45) is 5.92 Å². The fourth-order valence-corrected chi connectivity index (χ4v) is 1.88. The van der Waals surface area contributed by atoms with Gasteiger partial charge in [0.15, 0.2) is 0 Å². The van der Waals surface area contributed by atoms with Crippen LogP contribution in [0.25, 0.3) is 0 Å². The van der Waals surface area contributed by atoms with Gasteiger partial charge in [-0.3, -0.25) is 4.79 Å². The summed E-state index contributed by atoms with van der Waals surface area (Å²) in [5, 5.41) is 2.99. The van der Waals surface area contributed by atoms with Crippen molar-refractivity contribution >= 4 is 5.91 Å². The molecule has 0 bridgehead atoms. The summed E-state index contributed by atoms with van der Waals surface area (Å²) in [5.41, 5.74) is 0. The lowest BCUT2D eigenvalue weighted by Crippen LogP contribution is -2.24. The lowest BCUT2D eigenvalue weighted by Gasteiger charge is -2.08. The van der Waals surface area contributed by atoms with E-state index in [-0.39, 0.29) is 5.91 Å². The van der Waals surface area contributed by atoms with Gasteiger partial charge in [-0.05, 0) is 39.0 Å². The predicted octanol–water partition coefficient (Wildman–Crippen LogP) is 3.91. The van der Waals surface area contributed by atoms with Gasteiger partial charge in [0, 0.05) is 19.6 Å². The Labute approximate surface area is 119 Å². The van der Waals surface area contributed by atoms with Gasteiger partial charge in [-0.2, -0.15) is 0 Å². The van der Waals surface area contributed by atoms with Crippen LogP contribution < -0.4 is 5.32 Å². The Kier molecular flexibility index (Phi) is 12.1. The van der Waals surface area contributed by atoms with Crippen molar-refractivity contribution in [1.29, 1.82) is 0 Å². The monoisotopic (exact) mass is 271 g/mol. The van der Waals surface area contributed by atoms with Gasteiger partial charge in [0.2, 0.25) is 5.91 Å². The quantitative estimate of drug-likeness (QED) is 0.546. The zero-order valence-corrected chi connectivity index (χ0v) is 13.3. The number of carbonyl (C=O) groups is 1. The second-order valence-corrected chi connectivity index (χ2v) is 5.97. The molecule has 0 rings (SSSR count). The molecule has 0 radical (unpaired) electrons. The summed E-state index contributed by atoms with van der Waals surface area (Å²) in [6, 6.07) is 0. The van der Waals surface area contributed by atoms with E-state index in [1.165, 1.54) is 19.3 Å². The first-order valence-electron chi connectivity index (χ1n) is 7.90. The van der Waals surface area contributed by atoms with Crippen LogP contribution in [-0.4, -0.2) is 25.2 Å². The Morgan fingerprint density at radius 1 is 1.00 bits per heavy atom. The number of rotatable bonds is 12. The van der Waals surface area contributed by atoms with Gasteiger partial charge in [0.05, 0.1) is 6.10 Å². The molecule has 0 aliphatic rings. The molecule has 0 atom stereocenters. The summed E-state index contributed by atoms with van der Waals surface area (Å²) in [6.07, 6.45) is 7.72. The Balaban J connectivity index is 3.21. The number of unbranched alkanes of at least 4 members (excludes halogenated alkanes) is 3. The molecule has 114 valence electrons. The molecule has 0 saturated carbocycles. The molecular formula is C16H33NO2. The molecule has 0 aliphatic carbocycles. The molecule has 0 fully saturated rings. The van der Waals surface area contributed by atoms with Gasteiger partial charge in [-0.15, -0.1) is 0 Å². The highest BCUT2D eigenvalue weighted by atomic mass is 16.5. The zero-order valence-electron chi connectivity index (χ0n) is 13.3. The maximum Gasteiger partial charge on any atom is 0.219 e. The van der Waals surface area contributed by atoms with Gasteiger partial charge >= 0.3 is 0 Å². The van der Waals surface area contributed by atoms with Crippen LogP contribution in [0.1, 0.15) is 72.6 Å². The van der Waals surface area contributed by atoms with Crippen LogP contribution >= 0.6 is 0 Å². The maximum absolute atomic E-state index is 11.5. The van der Waals surface area contributed by atoms with Crippen molar-refractivity contribution in [2.75, 3.05) is 13.2 Å². The molecule has 0 heterocycles. The topological polar surface area (TPSA) is 38.3 Å². The molecule has 3 nitrogen and oxygen atoms in total. The molecule has 1 amide bonds. The highest BCUT2D eigenvalue weighted by molar-refractivity contribution is 5.75. The van der Waals surface area contributed by atoms with Crippen molar-refractivity contribution in [1.82, 2.24) is 5.32 Å². The molecule has 0 aromatic rings. The molecule has 0 saturated heterocycles. The van der Waals surface area contributed by atoms with E-state index in [0.29, 0.717) is 12.5 Å². The summed E-state index contributed by atoms with van der Waals surface area (Å²) < 4.78 is 5.44. The van der Waals surface area contributed by atoms with Gasteiger partial charge in [-0.25, -0.2) is 0 Å². The second-order valence-electron chi connectivity index (χ2n) is 5.97. The van der Waals surface area contributed by atoms with Gasteiger partial charge in [-0.1, -0.05) is 33.1 Å². The largest absolute Gasteiger partial charge is 0.379 e. The Morgan fingerprint density at radius 2 is 1.74 bits per heavy atom. The summed E-state index contributed by atoms with van der Waals surface area (Å²) in [5.74, 6) is 0.982. The Hall–Kier alpha value is -0.570. The van der Waals surface area contributed by atoms with E-state index >= 15 is 0 Å². The first-order chi connectivity index (χ1) is 9.02. The molecule has 1 N–H and O–H groups in total. The van der Waals surface area contributed by atoms with Crippen LogP contribution in [0.2, 0.25) is 0 Å². The first kappa shape index (κ1) is 18.4. The van der Waals surface area contributed by atoms with E-state index in [1.807, 2.05) is 13.8 Å². The highest BCUT2D eigenvalue weighted by Gasteiger charge is 2.01. The maximum atomic E-state index is 11.5. The predicted molar refractivity (Wildman–Crippen MR) is 81.3 cm³/mol. The average molecular weight is 271 g/mol. The van der Waals surface area contributed by atoms with Gasteiger partial charge in [0.25, 0.3) is 0 Å². The molecule has 19 heavy (non-hydrogen) atoms. The molecular weight excluding hydrogens is 238 g/mol. The molecule has 0 spiro atoms. The SMILES string of the molecule is CC(C)CCCCCNC(=O)CCCCOC(C)C. The van der Waals surface area contributed by atoms with E-state index in [0.717, 1.165) is 38.3 Å². The summed E-state index contributed by atoms with van der Waals surface area (Å²) in [6.45, 7) is 10.2. The minimum absolute atomic E-state index is 0.188. The van der Waals surface area contributed by atoms with Crippen molar-refractivity contribution in [2.45, 2.75) is 78.7 Å². The third-order valence-electron chi connectivity index (χ3n) is 3.03. The van der Waals surface area contributed by atoms with Crippen LogP contribution in [0.3, 0.4) is 0 Å². The van der Waals surface area contributed by atoms with E-state index in [4.69, 9.17) is 4.74 Å². The number of carbonyl (C=O) groups excluding carboxylic acids is 1. The molecule has 3 heteroatoms. The Morgan fingerprint density at radius 3 is 2.37 bits per heavy atom. The van der Waals surface area contributed by atoms with Gasteiger partial charge in [0.1, 0.15) is 0 Å². The molecule has 0 aromatic carbocycles. The third kappa shape index (κ3) is 15.4. The van der Waals surface area contributed by atoms with Crippen LogP contribution in [0.5, 0.6) is 0 Å². The van der Waals surface area contributed by atoms with Gasteiger partial charge < -0.3 is 10.1 Å². The summed E-state index contributed by atoms with van der Waals surface area (Å²) in [4.78, 5) is 11.5. The number of hydrogen-bond acceptors (Lipinski definition) is 2. The van der Waals surface area contributed by atoms with E-state index in [2.05, 4.69) is 19.2 Å². The summed E-state index contributed by atoms with van der Waals surface area (Å²) >= 11 is 0. The standard InChI is InChI=1S/C16H33NO2/c1-14(2)10-6-5-8-12-17-16(18)11-7-9-13-19-15(3)4/h14-15H,5-13H2,1-4H3,(H,17,18). The molecule has 0 aromatic heterocycles. The highest BCUT2D eigenvalue weighted by Crippen LogP contribution is 2.07. The smallest absolute Gasteiger partial charge is 0.219 e. The third-order valence-corrected chi connectivity index (χ3v) is 3.03. The number of ether oxygens (including phenoxy) is 1. The van der Waals surface area contributed by atoms with Crippen molar-refractivity contribution in [3.63, 3.8) is 0 Å². The van der Waals surface area contributed by atoms with Crippen LogP contribution in [0.15, 0.2) is 0 Å². The fourth-order valence-electron chi connectivity index (χ4n) is 1.88. The molecule has 0 unspecified atom stereocenters. The normalized spacial score (nSPS) is 11.3. The zero-order chi connectivity index (χ0) is 14.5. The van der Waals surface area contributed by atoms with E-state index < -0.39 is 0 Å². The minimum atomic E-state index is 0.188. The Bertz CT molecular complexity index is 215. The fraction of sp³-hybridized carbons (Fsp3) is 0.938. The van der Waals surface area contributed by atoms with Crippen molar-refractivity contribution in [3.05, 3.63) is 0 Å². The lowest BCUT2D eigenvalue weighted by atomic mass is 10.1. The lowest BCUT2D eigenvalue weighted by molar-refractivity contribution is -0.121. The van der Waals surface area contributed by atoms with Crippen molar-refractivity contribution in [3.8, 4) is 0 Å². The van der Waals surface area contributed by atoms with E-state index in [1.54, 1.807) is 0 Å². The number of hydrogen-bond donors (Lipinski definition) is 1. The van der Waals surface area contributed by atoms with E-state index in [9.17, 15) is 4.79 Å². The van der Waals surface area contributed by atoms with Crippen LogP contribution in [0.4, 0.5) is 0 Å². The summed E-state index contributed by atoms with van der Waals surface area (Å²) in [7, 11) is 0. The molecule has 0 aliphatic heterocycles. The number of nitrogens with one attached hydrogen (secondary N) is 1. The van der Waals surface area contributed by atoms with Crippen LogP contribution in [0, 0.1) is 5.92 Å². The van der Waals surface area contributed by atoms with Crippen molar-refractivity contribution < 1.29 is 9.53 Å².